The molecule has 2 aliphatic rings. The monoisotopic (exact) mass is 211 g/mol. The Labute approximate surface area is 93.6 Å². The Morgan fingerprint density at radius 2 is 2.00 bits per heavy atom. The number of rotatable bonds is 0. The minimum absolute atomic E-state index is 0.312. The first kappa shape index (κ1) is 11.4. The fourth-order valence-electron chi connectivity index (χ4n) is 2.78. The highest BCUT2D eigenvalue weighted by Gasteiger charge is 2.39. The summed E-state index contributed by atoms with van der Waals surface area (Å²) in [6.07, 6.45) is 2.64. The van der Waals surface area contributed by atoms with Gasteiger partial charge in [0.05, 0.1) is 0 Å². The highest BCUT2D eigenvalue weighted by atomic mass is 15.3. The molecule has 0 bridgehead atoms. The molecule has 0 aromatic heterocycles. The molecule has 2 saturated heterocycles. The first-order valence-electron chi connectivity index (χ1n) is 6.23. The smallest absolute Gasteiger partial charge is 0.0435 e. The van der Waals surface area contributed by atoms with Crippen molar-refractivity contribution in [1.29, 1.82) is 0 Å². The van der Waals surface area contributed by atoms with Crippen molar-refractivity contribution < 1.29 is 0 Å². The number of piperazine rings is 1. The number of hydrogen-bond acceptors (Lipinski definition) is 3. The first-order valence-corrected chi connectivity index (χ1v) is 6.23. The maximum atomic E-state index is 3.73. The van der Waals surface area contributed by atoms with Gasteiger partial charge in [-0.15, -0.1) is 0 Å². The Morgan fingerprint density at radius 3 is 2.60 bits per heavy atom. The van der Waals surface area contributed by atoms with Crippen LogP contribution >= 0.6 is 0 Å². The molecular formula is C12H25N3. The molecule has 3 nitrogen and oxygen atoms in total. The molecule has 1 spiro atoms. The molecule has 2 aliphatic heterocycles. The van der Waals surface area contributed by atoms with E-state index < -0.39 is 0 Å². The van der Waals surface area contributed by atoms with Crippen LogP contribution < -0.4 is 10.6 Å². The van der Waals surface area contributed by atoms with Crippen LogP contribution in [0.4, 0.5) is 0 Å². The highest BCUT2D eigenvalue weighted by molar-refractivity contribution is 5.00. The highest BCUT2D eigenvalue weighted by Crippen LogP contribution is 2.25. The van der Waals surface area contributed by atoms with Crippen LogP contribution in [0.15, 0.2) is 0 Å². The molecule has 0 radical (unpaired) electrons. The number of hydrogen-bond donors (Lipinski definition) is 2. The van der Waals surface area contributed by atoms with E-state index in [1.165, 1.54) is 32.5 Å². The Hall–Kier alpha value is -0.120. The Morgan fingerprint density at radius 1 is 1.20 bits per heavy atom. The summed E-state index contributed by atoms with van der Waals surface area (Å²) in [4.78, 5) is 2.62. The molecular weight excluding hydrogens is 186 g/mol. The van der Waals surface area contributed by atoms with Gasteiger partial charge in [0.1, 0.15) is 0 Å². The van der Waals surface area contributed by atoms with Gasteiger partial charge in [0, 0.05) is 37.3 Å². The van der Waals surface area contributed by atoms with Gasteiger partial charge in [-0.3, -0.25) is 4.90 Å². The van der Waals surface area contributed by atoms with E-state index >= 15 is 0 Å². The zero-order valence-electron chi connectivity index (χ0n) is 10.4. The van der Waals surface area contributed by atoms with E-state index in [4.69, 9.17) is 0 Å². The quantitative estimate of drug-likeness (QED) is 0.621. The van der Waals surface area contributed by atoms with Crippen molar-refractivity contribution in [1.82, 2.24) is 15.5 Å². The molecule has 2 rings (SSSR count). The Kier molecular flexibility index (Phi) is 3.06. The second-order valence-electron chi connectivity index (χ2n) is 6.08. The van der Waals surface area contributed by atoms with Gasteiger partial charge in [0.15, 0.2) is 0 Å². The van der Waals surface area contributed by atoms with Crippen molar-refractivity contribution in [3.05, 3.63) is 0 Å². The van der Waals surface area contributed by atoms with Gasteiger partial charge in [-0.1, -0.05) is 0 Å². The predicted molar refractivity (Wildman–Crippen MR) is 64.2 cm³/mol. The number of nitrogens with zero attached hydrogens (tertiary/aromatic N) is 1. The van der Waals surface area contributed by atoms with Crippen LogP contribution in [0.25, 0.3) is 0 Å². The lowest BCUT2D eigenvalue weighted by atomic mass is 9.86. The average Bonchev–Trinajstić information content (AvgIpc) is 2.18. The summed E-state index contributed by atoms with van der Waals surface area (Å²) in [5.41, 5.74) is 0.663. The molecule has 0 saturated carbocycles. The van der Waals surface area contributed by atoms with E-state index in [1.807, 2.05) is 0 Å². The second kappa shape index (κ2) is 4.04. The lowest BCUT2D eigenvalue weighted by molar-refractivity contribution is 0.0441. The third kappa shape index (κ3) is 2.52. The minimum Gasteiger partial charge on any atom is -0.315 e. The van der Waals surface area contributed by atoms with E-state index in [1.54, 1.807) is 0 Å². The molecule has 0 amide bonds. The van der Waals surface area contributed by atoms with Gasteiger partial charge in [0.25, 0.3) is 0 Å². The molecule has 1 unspecified atom stereocenters. The van der Waals surface area contributed by atoms with Crippen molar-refractivity contribution in [2.75, 3.05) is 32.7 Å². The number of piperidine rings is 1. The summed E-state index contributed by atoms with van der Waals surface area (Å²) < 4.78 is 0. The zero-order valence-corrected chi connectivity index (χ0v) is 10.4. The van der Waals surface area contributed by atoms with Crippen molar-refractivity contribution >= 4 is 0 Å². The van der Waals surface area contributed by atoms with Gasteiger partial charge in [0.2, 0.25) is 0 Å². The molecule has 15 heavy (non-hydrogen) atoms. The van der Waals surface area contributed by atoms with E-state index in [-0.39, 0.29) is 0 Å². The van der Waals surface area contributed by atoms with Crippen molar-refractivity contribution in [3.8, 4) is 0 Å². The maximum Gasteiger partial charge on any atom is 0.0435 e. The Bertz CT molecular complexity index is 208. The average molecular weight is 211 g/mol. The van der Waals surface area contributed by atoms with Crippen LogP contribution in [-0.4, -0.2) is 48.7 Å². The largest absolute Gasteiger partial charge is 0.315 e. The predicted octanol–water partition coefficient (Wildman–Crippen LogP) is 0.812. The van der Waals surface area contributed by atoms with Crippen LogP contribution in [0.3, 0.4) is 0 Å². The van der Waals surface area contributed by atoms with Crippen molar-refractivity contribution in [3.63, 3.8) is 0 Å². The third-order valence-corrected chi connectivity index (χ3v) is 3.80. The molecule has 3 heteroatoms. The lowest BCUT2D eigenvalue weighted by Crippen LogP contribution is -2.68. The van der Waals surface area contributed by atoms with Gasteiger partial charge >= 0.3 is 0 Å². The molecule has 2 heterocycles. The summed E-state index contributed by atoms with van der Waals surface area (Å²) in [5.74, 6) is 0. The molecule has 2 fully saturated rings. The van der Waals surface area contributed by atoms with Gasteiger partial charge in [-0.25, -0.2) is 0 Å². The van der Waals surface area contributed by atoms with E-state index in [2.05, 4.69) is 36.3 Å². The summed E-state index contributed by atoms with van der Waals surface area (Å²) in [6.45, 7) is 12.8. The maximum absolute atomic E-state index is 3.73. The molecule has 88 valence electrons. The molecule has 0 aromatic rings. The van der Waals surface area contributed by atoms with Crippen LogP contribution in [0.2, 0.25) is 0 Å². The van der Waals surface area contributed by atoms with Crippen molar-refractivity contribution in [2.45, 2.75) is 44.7 Å². The molecule has 2 N–H and O–H groups in total. The molecule has 0 aliphatic carbocycles. The van der Waals surface area contributed by atoms with E-state index in [9.17, 15) is 0 Å². The second-order valence-corrected chi connectivity index (χ2v) is 6.08. The van der Waals surface area contributed by atoms with Crippen LogP contribution in [-0.2, 0) is 0 Å². The Balaban J connectivity index is 2.02. The number of nitrogens with one attached hydrogen (secondary N) is 2. The van der Waals surface area contributed by atoms with Crippen molar-refractivity contribution in [2.24, 2.45) is 0 Å². The summed E-state index contributed by atoms with van der Waals surface area (Å²) in [6, 6.07) is 0. The lowest BCUT2D eigenvalue weighted by Gasteiger charge is -2.50. The van der Waals surface area contributed by atoms with Crippen LogP contribution in [0, 0.1) is 0 Å². The van der Waals surface area contributed by atoms with Crippen LogP contribution in [0.5, 0.6) is 0 Å². The normalized spacial score (nSPS) is 34.6. The summed E-state index contributed by atoms with van der Waals surface area (Å²) in [7, 11) is 0. The first-order chi connectivity index (χ1) is 7.02. The fourth-order valence-corrected chi connectivity index (χ4v) is 2.78. The minimum atomic E-state index is 0.312. The van der Waals surface area contributed by atoms with E-state index in [0.717, 1.165) is 13.1 Å². The SMILES string of the molecule is CC(C)(C)N1CCNC2(CCCNC2)C1. The summed E-state index contributed by atoms with van der Waals surface area (Å²) in [5, 5.41) is 7.26. The topological polar surface area (TPSA) is 27.3 Å². The zero-order chi connectivity index (χ0) is 10.9. The molecule has 1 atom stereocenters. The van der Waals surface area contributed by atoms with Crippen LogP contribution in [0.1, 0.15) is 33.6 Å². The molecule has 0 aromatic carbocycles. The van der Waals surface area contributed by atoms with E-state index in [0.29, 0.717) is 11.1 Å². The van der Waals surface area contributed by atoms with Gasteiger partial charge in [-0.2, -0.15) is 0 Å². The standard InChI is InChI=1S/C12H25N3/c1-11(2,3)15-8-7-14-12(10-15)5-4-6-13-9-12/h13-14H,4-10H2,1-3H3. The summed E-state index contributed by atoms with van der Waals surface area (Å²) >= 11 is 0. The van der Waals surface area contributed by atoms with Gasteiger partial charge < -0.3 is 10.6 Å². The third-order valence-electron chi connectivity index (χ3n) is 3.80. The fraction of sp³-hybridized carbons (Fsp3) is 1.00. The van der Waals surface area contributed by atoms with Gasteiger partial charge in [-0.05, 0) is 40.2 Å².